The van der Waals surface area contributed by atoms with Crippen LogP contribution in [0, 0.1) is 0 Å². The van der Waals surface area contributed by atoms with Crippen LogP contribution in [-0.4, -0.2) is 36.0 Å². The van der Waals surface area contributed by atoms with Crippen LogP contribution in [0.2, 0.25) is 0 Å². The lowest BCUT2D eigenvalue weighted by Crippen LogP contribution is -2.35. The number of nitrogens with zero attached hydrogens (tertiary/aromatic N) is 1. The number of aryl methyl sites for hydroxylation is 1. The molecule has 0 amide bonds. The van der Waals surface area contributed by atoms with Gasteiger partial charge in [0.05, 0.1) is 4.90 Å². The number of aliphatic hydroxyl groups excluding tert-OH is 1. The van der Waals surface area contributed by atoms with E-state index < -0.39 is 27.4 Å². The average molecular weight is 283 g/mol. The number of likely N-dealkylation sites (N-methyl/N-ethyl adjacent to an activating group) is 1. The Morgan fingerprint density at radius 2 is 2.00 bits per heavy atom. The van der Waals surface area contributed by atoms with E-state index in [0.717, 1.165) is 7.05 Å². The van der Waals surface area contributed by atoms with Gasteiger partial charge in [-0.1, -0.05) is 19.1 Å². The molecule has 0 radical (unpaired) electrons. The molecule has 0 unspecified atom stereocenters. The molecule has 2 N–H and O–H groups in total. The Labute approximate surface area is 110 Å². The van der Waals surface area contributed by atoms with E-state index in [-0.39, 0.29) is 10.5 Å². The molecule has 7 heteroatoms. The van der Waals surface area contributed by atoms with Crippen molar-refractivity contribution in [1.82, 2.24) is 4.31 Å². The first-order valence-electron chi connectivity index (χ1n) is 5.60. The van der Waals surface area contributed by atoms with Crippen LogP contribution in [-0.2, 0) is 21.2 Å². The van der Waals surface area contributed by atoms with Gasteiger partial charge in [-0.05, 0) is 18.1 Å². The van der Waals surface area contributed by atoms with Crippen LogP contribution in [0.1, 0.15) is 18.1 Å². The third kappa shape index (κ3) is 1.77. The number of sulfonamides is 1. The van der Waals surface area contributed by atoms with E-state index in [0.29, 0.717) is 16.3 Å². The summed E-state index contributed by atoms with van der Waals surface area (Å²) in [5.74, 6) is -2.00. The zero-order chi connectivity index (χ0) is 14.4. The highest BCUT2D eigenvalue weighted by atomic mass is 32.2. The summed E-state index contributed by atoms with van der Waals surface area (Å²) in [5.41, 5.74) is 0.0410. The highest BCUT2D eigenvalue weighted by Gasteiger charge is 2.38. The molecule has 6 nitrogen and oxygen atoms in total. The maximum absolute atomic E-state index is 12.2. The summed E-state index contributed by atoms with van der Waals surface area (Å²) in [6.45, 7) is 1.80. The van der Waals surface area contributed by atoms with E-state index in [1.165, 1.54) is 6.07 Å². The van der Waals surface area contributed by atoms with Crippen LogP contribution in [0.25, 0.3) is 5.76 Å². The Bertz CT molecular complexity index is 690. The summed E-state index contributed by atoms with van der Waals surface area (Å²) in [5, 5.41) is 19.2. The molecule has 1 aliphatic rings. The molecule has 0 aliphatic carbocycles. The molecule has 1 aromatic rings. The van der Waals surface area contributed by atoms with Crippen molar-refractivity contribution in [3.63, 3.8) is 0 Å². The lowest BCUT2D eigenvalue weighted by molar-refractivity contribution is -0.133. The first-order chi connectivity index (χ1) is 8.82. The molecule has 0 bridgehead atoms. The number of rotatable bonds is 2. The fraction of sp³-hybridized carbons (Fsp3) is 0.250. The van der Waals surface area contributed by atoms with Crippen molar-refractivity contribution in [2.45, 2.75) is 18.2 Å². The molecular formula is C12H13NO5S. The van der Waals surface area contributed by atoms with E-state index in [2.05, 4.69) is 0 Å². The smallest absolute Gasteiger partial charge is 0.357 e. The molecule has 0 spiro atoms. The molecule has 1 aliphatic heterocycles. The molecule has 102 valence electrons. The molecule has 19 heavy (non-hydrogen) atoms. The van der Waals surface area contributed by atoms with Crippen molar-refractivity contribution in [2.24, 2.45) is 0 Å². The van der Waals surface area contributed by atoms with Gasteiger partial charge >= 0.3 is 5.97 Å². The largest absolute Gasteiger partial charge is 0.505 e. The number of hydrogen-bond acceptors (Lipinski definition) is 4. The van der Waals surface area contributed by atoms with Gasteiger partial charge in [0.2, 0.25) is 0 Å². The molecule has 2 rings (SSSR count). The Balaban J connectivity index is 2.93. The van der Waals surface area contributed by atoms with E-state index in [1.54, 1.807) is 19.1 Å². The predicted octanol–water partition coefficient (Wildman–Crippen LogP) is 1.19. The van der Waals surface area contributed by atoms with E-state index in [1.807, 2.05) is 0 Å². The van der Waals surface area contributed by atoms with Crippen molar-refractivity contribution in [3.05, 3.63) is 35.0 Å². The second-order valence-electron chi connectivity index (χ2n) is 4.12. The standard InChI is InChI=1S/C12H13NO5S/c1-3-7-5-4-6-8-9(7)11(14)10(12(15)16)13(2)19(8,17)18/h4-6,14H,3H2,1-2H3,(H,15,16). The molecule has 0 atom stereocenters. The number of carbonyl (C=O) groups is 1. The quantitative estimate of drug-likeness (QED) is 0.850. The normalized spacial score (nSPS) is 17.3. The fourth-order valence-electron chi connectivity index (χ4n) is 2.13. The van der Waals surface area contributed by atoms with Gasteiger partial charge in [0.25, 0.3) is 10.0 Å². The van der Waals surface area contributed by atoms with Crippen molar-refractivity contribution >= 4 is 21.8 Å². The van der Waals surface area contributed by atoms with Crippen LogP contribution in [0.15, 0.2) is 28.8 Å². The first-order valence-corrected chi connectivity index (χ1v) is 7.04. The number of aliphatic hydroxyl groups is 1. The maximum Gasteiger partial charge on any atom is 0.357 e. The highest BCUT2D eigenvalue weighted by Crippen LogP contribution is 2.36. The van der Waals surface area contributed by atoms with Crippen LogP contribution >= 0.6 is 0 Å². The summed E-state index contributed by atoms with van der Waals surface area (Å²) < 4.78 is 25.1. The summed E-state index contributed by atoms with van der Waals surface area (Å²) >= 11 is 0. The number of hydrogen-bond donors (Lipinski definition) is 2. The van der Waals surface area contributed by atoms with Crippen molar-refractivity contribution in [2.75, 3.05) is 7.05 Å². The highest BCUT2D eigenvalue weighted by molar-refractivity contribution is 7.89. The Kier molecular flexibility index (Phi) is 3.01. The molecule has 0 aromatic heterocycles. The minimum Gasteiger partial charge on any atom is -0.505 e. The topological polar surface area (TPSA) is 94.9 Å². The van der Waals surface area contributed by atoms with E-state index in [9.17, 15) is 18.3 Å². The third-order valence-electron chi connectivity index (χ3n) is 3.11. The first kappa shape index (κ1) is 13.4. The summed E-state index contributed by atoms with van der Waals surface area (Å²) in [4.78, 5) is 11.1. The van der Waals surface area contributed by atoms with Gasteiger partial charge in [-0.25, -0.2) is 13.2 Å². The molecular weight excluding hydrogens is 270 g/mol. The number of benzene rings is 1. The van der Waals surface area contributed by atoms with Gasteiger partial charge in [0.15, 0.2) is 11.5 Å². The maximum atomic E-state index is 12.2. The number of carboxylic acids is 1. The fourth-order valence-corrected chi connectivity index (χ4v) is 3.56. The van der Waals surface area contributed by atoms with Crippen molar-refractivity contribution in [1.29, 1.82) is 0 Å². The lowest BCUT2D eigenvalue weighted by Gasteiger charge is -2.28. The number of aliphatic carboxylic acids is 1. The number of carboxylic acid groups (broad SMARTS) is 1. The van der Waals surface area contributed by atoms with Crippen molar-refractivity contribution < 1.29 is 23.4 Å². The monoisotopic (exact) mass is 283 g/mol. The molecule has 1 aromatic carbocycles. The second kappa shape index (κ2) is 4.27. The third-order valence-corrected chi connectivity index (χ3v) is 4.91. The van der Waals surface area contributed by atoms with Crippen molar-refractivity contribution in [3.8, 4) is 0 Å². The summed E-state index contributed by atoms with van der Waals surface area (Å²) in [6, 6.07) is 4.59. The Hall–Kier alpha value is -2.02. The summed E-state index contributed by atoms with van der Waals surface area (Å²) in [7, 11) is -2.84. The van der Waals surface area contributed by atoms with Gasteiger partial charge in [-0.2, -0.15) is 0 Å². The minimum absolute atomic E-state index is 0.0724. The lowest BCUT2D eigenvalue weighted by atomic mass is 10.0. The predicted molar refractivity (Wildman–Crippen MR) is 68.0 cm³/mol. The number of fused-ring (bicyclic) bond motifs is 1. The Morgan fingerprint density at radius 3 is 2.53 bits per heavy atom. The zero-order valence-corrected chi connectivity index (χ0v) is 11.2. The SMILES string of the molecule is CCc1cccc2c1C(O)=C(C(=O)O)N(C)S2(=O)=O. The van der Waals surface area contributed by atoms with Crippen LogP contribution < -0.4 is 0 Å². The van der Waals surface area contributed by atoms with Crippen LogP contribution in [0.5, 0.6) is 0 Å². The second-order valence-corrected chi connectivity index (χ2v) is 6.06. The zero-order valence-electron chi connectivity index (χ0n) is 10.4. The summed E-state index contributed by atoms with van der Waals surface area (Å²) in [6.07, 6.45) is 0.485. The molecule has 0 fully saturated rings. The Morgan fingerprint density at radius 1 is 1.37 bits per heavy atom. The molecule has 1 heterocycles. The van der Waals surface area contributed by atoms with Crippen LogP contribution in [0.4, 0.5) is 0 Å². The minimum atomic E-state index is -3.95. The molecule has 0 saturated heterocycles. The van der Waals surface area contributed by atoms with E-state index in [4.69, 9.17) is 5.11 Å². The van der Waals surface area contributed by atoms with E-state index >= 15 is 0 Å². The average Bonchev–Trinajstić information content (AvgIpc) is 2.35. The van der Waals surface area contributed by atoms with Crippen LogP contribution in [0.3, 0.4) is 0 Å². The van der Waals surface area contributed by atoms with Gasteiger partial charge in [0.1, 0.15) is 0 Å². The van der Waals surface area contributed by atoms with Gasteiger partial charge in [0, 0.05) is 12.6 Å². The van der Waals surface area contributed by atoms with Gasteiger partial charge in [-0.15, -0.1) is 0 Å². The van der Waals surface area contributed by atoms with Gasteiger partial charge in [-0.3, -0.25) is 4.31 Å². The molecule has 0 saturated carbocycles. The van der Waals surface area contributed by atoms with Gasteiger partial charge < -0.3 is 10.2 Å².